The van der Waals surface area contributed by atoms with Crippen LogP contribution in [0.25, 0.3) is 0 Å². The van der Waals surface area contributed by atoms with Gasteiger partial charge >= 0.3 is 0 Å². The number of benzene rings is 1. The number of hydrogen-bond donors (Lipinski definition) is 1. The number of nitrogens with one attached hydrogen (secondary N) is 1. The molecule has 0 unspecified atom stereocenters. The Labute approximate surface area is 88.8 Å². The maximum absolute atomic E-state index is 13.3. The van der Waals surface area contributed by atoms with Crippen LogP contribution in [0, 0.1) is 5.82 Å². The minimum Gasteiger partial charge on any atom is -0.320 e. The van der Waals surface area contributed by atoms with E-state index in [0.717, 1.165) is 12.0 Å². The second-order valence-corrected chi connectivity index (χ2v) is 3.16. The van der Waals surface area contributed by atoms with Gasteiger partial charge in [-0.2, -0.15) is 0 Å². The summed E-state index contributed by atoms with van der Waals surface area (Å²) >= 11 is 0. The molecule has 80 valence electrons. The number of halogens is 1. The SMILES string of the molecule is C/C=C/C(=O)Nc1cc(CC)ccc1F. The summed E-state index contributed by atoms with van der Waals surface area (Å²) in [5.74, 6) is -0.727. The molecule has 0 aromatic heterocycles. The van der Waals surface area contributed by atoms with Crippen molar-refractivity contribution in [1.29, 1.82) is 0 Å². The largest absolute Gasteiger partial charge is 0.320 e. The third-order valence-corrected chi connectivity index (χ3v) is 2.01. The maximum Gasteiger partial charge on any atom is 0.248 e. The lowest BCUT2D eigenvalue weighted by Gasteiger charge is -2.05. The average Bonchev–Trinajstić information content (AvgIpc) is 2.21. The summed E-state index contributed by atoms with van der Waals surface area (Å²) in [5.41, 5.74) is 1.23. The Bertz CT molecular complexity index is 385. The van der Waals surface area contributed by atoms with E-state index >= 15 is 0 Å². The van der Waals surface area contributed by atoms with Gasteiger partial charge in [0.2, 0.25) is 5.91 Å². The summed E-state index contributed by atoms with van der Waals surface area (Å²) in [4.78, 5) is 11.2. The van der Waals surface area contributed by atoms with Crippen molar-refractivity contribution in [3.63, 3.8) is 0 Å². The van der Waals surface area contributed by atoms with Crippen LogP contribution in [-0.4, -0.2) is 5.91 Å². The Morgan fingerprint density at radius 2 is 2.27 bits per heavy atom. The van der Waals surface area contributed by atoms with Gasteiger partial charge in [0.25, 0.3) is 0 Å². The van der Waals surface area contributed by atoms with Crippen LogP contribution in [0.4, 0.5) is 10.1 Å². The van der Waals surface area contributed by atoms with Crippen molar-refractivity contribution in [2.24, 2.45) is 0 Å². The van der Waals surface area contributed by atoms with Gasteiger partial charge in [0.05, 0.1) is 5.69 Å². The first-order valence-corrected chi connectivity index (χ1v) is 4.89. The van der Waals surface area contributed by atoms with Gasteiger partial charge in [-0.15, -0.1) is 0 Å². The maximum atomic E-state index is 13.3. The van der Waals surface area contributed by atoms with E-state index in [0.29, 0.717) is 0 Å². The van der Waals surface area contributed by atoms with E-state index in [1.165, 1.54) is 12.1 Å². The van der Waals surface area contributed by atoms with Gasteiger partial charge in [0.1, 0.15) is 5.82 Å². The van der Waals surface area contributed by atoms with Crippen LogP contribution in [0.5, 0.6) is 0 Å². The normalized spacial score (nSPS) is 10.6. The molecule has 0 saturated carbocycles. The highest BCUT2D eigenvalue weighted by molar-refractivity contribution is 5.99. The Morgan fingerprint density at radius 1 is 1.53 bits per heavy atom. The van der Waals surface area contributed by atoms with Crippen LogP contribution >= 0.6 is 0 Å². The Kier molecular flexibility index (Phi) is 4.03. The first-order chi connectivity index (χ1) is 7.17. The molecule has 0 atom stereocenters. The molecule has 0 aliphatic heterocycles. The van der Waals surface area contributed by atoms with Gasteiger partial charge in [0.15, 0.2) is 0 Å². The Balaban J connectivity index is 2.88. The summed E-state index contributed by atoms with van der Waals surface area (Å²) < 4.78 is 13.3. The van der Waals surface area contributed by atoms with E-state index in [-0.39, 0.29) is 11.6 Å². The smallest absolute Gasteiger partial charge is 0.248 e. The van der Waals surface area contributed by atoms with Crippen molar-refractivity contribution in [2.75, 3.05) is 5.32 Å². The fourth-order valence-electron chi connectivity index (χ4n) is 1.21. The number of aryl methyl sites for hydroxylation is 1. The Morgan fingerprint density at radius 3 is 2.87 bits per heavy atom. The van der Waals surface area contributed by atoms with Gasteiger partial charge < -0.3 is 5.32 Å². The average molecular weight is 207 g/mol. The second kappa shape index (κ2) is 5.29. The second-order valence-electron chi connectivity index (χ2n) is 3.16. The van der Waals surface area contributed by atoms with Crippen molar-refractivity contribution in [2.45, 2.75) is 20.3 Å². The highest BCUT2D eigenvalue weighted by atomic mass is 19.1. The van der Waals surface area contributed by atoms with Crippen LogP contribution in [-0.2, 0) is 11.2 Å². The molecule has 0 radical (unpaired) electrons. The van der Waals surface area contributed by atoms with E-state index in [9.17, 15) is 9.18 Å². The molecule has 3 heteroatoms. The molecular formula is C12H14FNO. The zero-order chi connectivity index (χ0) is 11.3. The van der Waals surface area contributed by atoms with E-state index < -0.39 is 5.82 Å². The number of carbonyl (C=O) groups excluding carboxylic acids is 1. The summed E-state index contributed by atoms with van der Waals surface area (Å²) in [6.07, 6.45) is 3.78. The van der Waals surface area contributed by atoms with E-state index in [2.05, 4.69) is 5.32 Å². The number of amides is 1. The highest BCUT2D eigenvalue weighted by Gasteiger charge is 2.04. The quantitative estimate of drug-likeness (QED) is 0.758. The lowest BCUT2D eigenvalue weighted by atomic mass is 10.1. The molecule has 0 fully saturated rings. The summed E-state index contributed by atoms with van der Waals surface area (Å²) in [6, 6.07) is 4.72. The first kappa shape index (κ1) is 11.4. The van der Waals surface area contributed by atoms with Crippen molar-refractivity contribution >= 4 is 11.6 Å². The molecule has 1 rings (SSSR count). The molecule has 2 nitrogen and oxygen atoms in total. The lowest BCUT2D eigenvalue weighted by molar-refractivity contribution is -0.111. The molecule has 0 aliphatic rings. The highest BCUT2D eigenvalue weighted by Crippen LogP contribution is 2.16. The van der Waals surface area contributed by atoms with E-state index in [1.54, 1.807) is 25.1 Å². The van der Waals surface area contributed by atoms with E-state index in [1.807, 2.05) is 6.92 Å². The summed E-state index contributed by atoms with van der Waals surface area (Å²) in [6.45, 7) is 3.71. The van der Waals surface area contributed by atoms with Crippen LogP contribution in [0.1, 0.15) is 19.4 Å². The van der Waals surface area contributed by atoms with Crippen LogP contribution in [0.15, 0.2) is 30.4 Å². The molecule has 0 aliphatic carbocycles. The zero-order valence-electron chi connectivity index (χ0n) is 8.88. The van der Waals surface area contributed by atoms with Crippen molar-refractivity contribution in [3.8, 4) is 0 Å². The molecule has 1 aromatic carbocycles. The summed E-state index contributed by atoms with van der Waals surface area (Å²) in [5, 5.41) is 2.49. The van der Waals surface area contributed by atoms with Crippen LogP contribution in [0.2, 0.25) is 0 Å². The molecule has 1 amide bonds. The van der Waals surface area contributed by atoms with Gasteiger partial charge in [-0.25, -0.2) is 4.39 Å². The standard InChI is InChI=1S/C12H14FNO/c1-3-5-12(15)14-11-8-9(4-2)6-7-10(11)13/h3,5-8H,4H2,1-2H3,(H,14,15)/b5-3+. The molecular weight excluding hydrogens is 193 g/mol. The third kappa shape index (κ3) is 3.20. The topological polar surface area (TPSA) is 29.1 Å². The number of hydrogen-bond acceptors (Lipinski definition) is 1. The predicted molar refractivity (Wildman–Crippen MR) is 59.2 cm³/mol. The lowest BCUT2D eigenvalue weighted by Crippen LogP contribution is -2.09. The van der Waals surface area contributed by atoms with Gasteiger partial charge in [0, 0.05) is 0 Å². The molecule has 0 saturated heterocycles. The molecule has 15 heavy (non-hydrogen) atoms. The first-order valence-electron chi connectivity index (χ1n) is 4.89. The molecule has 0 bridgehead atoms. The minimum atomic E-state index is -0.412. The van der Waals surface area contributed by atoms with Crippen LogP contribution < -0.4 is 5.32 Å². The van der Waals surface area contributed by atoms with Gasteiger partial charge in [-0.05, 0) is 37.1 Å². The fraction of sp³-hybridized carbons (Fsp3) is 0.250. The monoisotopic (exact) mass is 207 g/mol. The van der Waals surface area contributed by atoms with Crippen molar-refractivity contribution < 1.29 is 9.18 Å². The van der Waals surface area contributed by atoms with E-state index in [4.69, 9.17) is 0 Å². The van der Waals surface area contributed by atoms with Crippen molar-refractivity contribution in [1.82, 2.24) is 0 Å². The fourth-order valence-corrected chi connectivity index (χ4v) is 1.21. The molecule has 0 heterocycles. The molecule has 1 aromatic rings. The van der Waals surface area contributed by atoms with Crippen LogP contribution in [0.3, 0.4) is 0 Å². The number of carbonyl (C=O) groups is 1. The number of rotatable bonds is 3. The van der Waals surface area contributed by atoms with Crippen molar-refractivity contribution in [3.05, 3.63) is 41.7 Å². The number of allylic oxidation sites excluding steroid dienone is 1. The minimum absolute atomic E-state index is 0.234. The third-order valence-electron chi connectivity index (χ3n) is 2.01. The summed E-state index contributed by atoms with van der Waals surface area (Å²) in [7, 11) is 0. The molecule has 0 spiro atoms. The zero-order valence-corrected chi connectivity index (χ0v) is 8.88. The molecule has 1 N–H and O–H groups in total. The van der Waals surface area contributed by atoms with Gasteiger partial charge in [-0.1, -0.05) is 19.1 Å². The van der Waals surface area contributed by atoms with Gasteiger partial charge in [-0.3, -0.25) is 4.79 Å². The Hall–Kier alpha value is -1.64. The predicted octanol–water partition coefficient (Wildman–Crippen LogP) is 2.90. The number of anilines is 1.